The summed E-state index contributed by atoms with van der Waals surface area (Å²) >= 11 is 0. The molecule has 0 bridgehead atoms. The number of rotatable bonds is 28. The molecule has 1 aromatic carbocycles. The Labute approximate surface area is 445 Å². The summed E-state index contributed by atoms with van der Waals surface area (Å²) in [6, 6.07) is 13.0. The average Bonchev–Trinajstić information content (AvgIpc) is 4.13. The standard InChI is InChI=1S/C57H86N10O8/c1-41-31-42(2)67(62-41)49-33-45(46(34-56(73)75-4)38-63-26-22-43(37-63)18-20-47-21-19-44-13-12-25-60-57(44)61-47)32-48(35-49)64-27-29-65(30-28-64)54(71)17-11-15-53(70)59-23-9-5-7-14-52(69)58-24-10-6-8-16-55(72)66-39-51(68)36-50(66)40-74-3/h19,21,31-33,35,43,46,50-51,68H,5-18,20,22-30,34,36-40H2,1-4H3,(H,58,69)(H,59,70)(H,60,61)/t43-,46-,50+,51-/m1/s1. The van der Waals surface area contributed by atoms with Gasteiger partial charge < -0.3 is 50.1 Å². The van der Waals surface area contributed by atoms with E-state index >= 15 is 0 Å². The molecule has 4 aliphatic heterocycles. The minimum atomic E-state index is -0.490. The van der Waals surface area contributed by atoms with Crippen molar-refractivity contribution >= 4 is 41.1 Å². The van der Waals surface area contributed by atoms with E-state index in [-0.39, 0.29) is 54.4 Å². The molecule has 75 heavy (non-hydrogen) atoms. The maximum Gasteiger partial charge on any atom is 0.306 e. The lowest BCUT2D eigenvalue weighted by Gasteiger charge is -2.37. The van der Waals surface area contributed by atoms with Gasteiger partial charge in [-0.25, -0.2) is 9.67 Å². The number of aromatic nitrogens is 3. The molecule has 7 rings (SSSR count). The summed E-state index contributed by atoms with van der Waals surface area (Å²) in [7, 11) is 3.06. The number of aliphatic hydroxyl groups excluding tert-OH is 1. The number of amides is 4. The number of carbonyl (C=O) groups excluding carboxylic acids is 5. The molecule has 412 valence electrons. The van der Waals surface area contributed by atoms with Crippen molar-refractivity contribution in [1.82, 2.24) is 40.1 Å². The molecule has 4 aliphatic rings. The summed E-state index contributed by atoms with van der Waals surface area (Å²) in [6.07, 6.45) is 12.4. The molecule has 4 amide bonds. The molecule has 3 aromatic rings. The molecule has 2 aromatic heterocycles. The fourth-order valence-electron chi connectivity index (χ4n) is 11.4. The van der Waals surface area contributed by atoms with Gasteiger partial charge in [-0.1, -0.05) is 18.9 Å². The van der Waals surface area contributed by atoms with E-state index in [4.69, 9.17) is 19.6 Å². The predicted molar refractivity (Wildman–Crippen MR) is 290 cm³/mol. The van der Waals surface area contributed by atoms with E-state index in [1.807, 2.05) is 16.5 Å². The van der Waals surface area contributed by atoms with E-state index in [2.05, 4.69) is 69.1 Å². The first-order valence-corrected chi connectivity index (χ1v) is 28.1. The van der Waals surface area contributed by atoms with Gasteiger partial charge in [0.25, 0.3) is 0 Å². The molecule has 0 saturated carbocycles. The number of anilines is 2. The van der Waals surface area contributed by atoms with E-state index < -0.39 is 6.10 Å². The third-order valence-corrected chi connectivity index (χ3v) is 15.6. The molecule has 0 radical (unpaired) electrons. The number of hydrogen-bond acceptors (Lipinski definition) is 13. The van der Waals surface area contributed by atoms with Gasteiger partial charge in [0, 0.05) is 121 Å². The van der Waals surface area contributed by atoms with Crippen molar-refractivity contribution in [3.05, 3.63) is 64.6 Å². The number of methoxy groups -OCH3 is 2. The number of aryl methyl sites for hydroxylation is 4. The molecule has 6 heterocycles. The van der Waals surface area contributed by atoms with Crippen LogP contribution >= 0.6 is 0 Å². The molecule has 0 spiro atoms. The second kappa shape index (κ2) is 29.1. The number of ether oxygens (including phenoxy) is 2. The minimum absolute atomic E-state index is 0.0140. The van der Waals surface area contributed by atoms with Gasteiger partial charge in [0.1, 0.15) is 5.82 Å². The Morgan fingerprint density at radius 3 is 2.25 bits per heavy atom. The lowest BCUT2D eigenvalue weighted by atomic mass is 9.93. The molecule has 3 fully saturated rings. The van der Waals surface area contributed by atoms with Crippen LogP contribution in [0.25, 0.3) is 5.69 Å². The number of benzene rings is 1. The number of β-amino-alcohol motifs (C(OH)–C–C–N with tert-alkyl or cyclic N) is 1. The first-order valence-electron chi connectivity index (χ1n) is 28.1. The van der Waals surface area contributed by atoms with Gasteiger partial charge in [-0.05, 0) is 138 Å². The summed E-state index contributed by atoms with van der Waals surface area (Å²) in [5.41, 5.74) is 7.47. The summed E-state index contributed by atoms with van der Waals surface area (Å²) in [4.78, 5) is 77.4. The highest BCUT2D eigenvalue weighted by Crippen LogP contribution is 2.33. The number of likely N-dealkylation sites (tertiary alicyclic amines) is 2. The number of nitrogens with one attached hydrogen (secondary N) is 3. The molecule has 4 atom stereocenters. The van der Waals surface area contributed by atoms with Crippen molar-refractivity contribution in [1.29, 1.82) is 0 Å². The Morgan fingerprint density at radius 1 is 0.813 bits per heavy atom. The van der Waals surface area contributed by atoms with Crippen molar-refractivity contribution in [2.45, 2.75) is 147 Å². The summed E-state index contributed by atoms with van der Waals surface area (Å²) in [5.74, 6) is 1.34. The zero-order chi connectivity index (χ0) is 53.1. The van der Waals surface area contributed by atoms with Crippen LogP contribution in [0.1, 0.15) is 137 Å². The zero-order valence-electron chi connectivity index (χ0n) is 45.4. The van der Waals surface area contributed by atoms with Gasteiger partial charge in [0.2, 0.25) is 23.6 Å². The van der Waals surface area contributed by atoms with Crippen LogP contribution in [0.3, 0.4) is 0 Å². The molecule has 18 nitrogen and oxygen atoms in total. The summed E-state index contributed by atoms with van der Waals surface area (Å²) in [6.45, 7) is 12.1. The molecule has 0 unspecified atom stereocenters. The summed E-state index contributed by atoms with van der Waals surface area (Å²) < 4.78 is 12.4. The first-order chi connectivity index (χ1) is 36.3. The van der Waals surface area contributed by atoms with Gasteiger partial charge in [0.05, 0.1) is 43.7 Å². The number of esters is 1. The van der Waals surface area contributed by atoms with Gasteiger partial charge in [-0.15, -0.1) is 0 Å². The number of hydrogen-bond donors (Lipinski definition) is 4. The van der Waals surface area contributed by atoms with Crippen molar-refractivity contribution in [3.63, 3.8) is 0 Å². The Hall–Kier alpha value is -5.59. The highest BCUT2D eigenvalue weighted by molar-refractivity contribution is 5.79. The number of nitrogens with zero attached hydrogens (tertiary/aromatic N) is 7. The van der Waals surface area contributed by atoms with E-state index in [1.165, 1.54) is 12.7 Å². The van der Waals surface area contributed by atoms with Crippen LogP contribution in [-0.2, 0) is 46.3 Å². The maximum atomic E-state index is 13.4. The Kier molecular flexibility index (Phi) is 22.1. The van der Waals surface area contributed by atoms with Crippen LogP contribution in [0.4, 0.5) is 11.5 Å². The number of carbonyl (C=O) groups is 5. The number of piperazine rings is 1. The number of unbranched alkanes of at least 4 members (excludes halogenated alkanes) is 4. The molecule has 18 heteroatoms. The molecular formula is C57H86N10O8. The quantitative estimate of drug-likeness (QED) is 0.0516. The largest absolute Gasteiger partial charge is 0.469 e. The first kappa shape index (κ1) is 57.1. The van der Waals surface area contributed by atoms with Crippen LogP contribution < -0.4 is 20.9 Å². The van der Waals surface area contributed by atoms with Crippen molar-refractivity contribution in [2.75, 3.05) is 103 Å². The Balaban J connectivity index is 0.799. The fourth-order valence-corrected chi connectivity index (χ4v) is 11.4. The summed E-state index contributed by atoms with van der Waals surface area (Å²) in [5, 5.41) is 24.2. The van der Waals surface area contributed by atoms with Crippen molar-refractivity contribution in [2.24, 2.45) is 5.92 Å². The lowest BCUT2D eigenvalue weighted by Crippen LogP contribution is -2.48. The van der Waals surface area contributed by atoms with Gasteiger partial charge in [0.15, 0.2) is 0 Å². The number of pyridine rings is 1. The third-order valence-electron chi connectivity index (χ3n) is 15.6. The fraction of sp³-hybridized carbons (Fsp3) is 0.667. The minimum Gasteiger partial charge on any atom is -0.469 e. The van der Waals surface area contributed by atoms with Crippen LogP contribution in [0.2, 0.25) is 0 Å². The number of fused-ring (bicyclic) bond motifs is 1. The number of aliphatic hydroxyl groups is 1. The molecular weight excluding hydrogens is 953 g/mol. The topological polar surface area (TPSA) is 204 Å². The smallest absolute Gasteiger partial charge is 0.306 e. The predicted octanol–water partition coefficient (Wildman–Crippen LogP) is 5.62. The van der Waals surface area contributed by atoms with Gasteiger partial charge in [-0.3, -0.25) is 24.0 Å². The third kappa shape index (κ3) is 17.5. The highest BCUT2D eigenvalue weighted by atomic mass is 16.5. The van der Waals surface area contributed by atoms with Gasteiger partial charge in [-0.2, -0.15) is 5.10 Å². The maximum absolute atomic E-state index is 13.4. The van der Waals surface area contributed by atoms with E-state index in [1.54, 1.807) is 12.0 Å². The van der Waals surface area contributed by atoms with E-state index in [0.29, 0.717) is 90.4 Å². The monoisotopic (exact) mass is 1040 g/mol. The Morgan fingerprint density at radius 2 is 1.53 bits per heavy atom. The van der Waals surface area contributed by atoms with Crippen molar-refractivity contribution < 1.29 is 38.6 Å². The lowest BCUT2D eigenvalue weighted by molar-refractivity contribution is -0.141. The molecule has 4 N–H and O–H groups in total. The average molecular weight is 1040 g/mol. The normalized spacial score (nSPS) is 19.2. The van der Waals surface area contributed by atoms with Crippen molar-refractivity contribution in [3.8, 4) is 5.69 Å². The van der Waals surface area contributed by atoms with Crippen LogP contribution in [0.15, 0.2) is 36.4 Å². The molecule has 0 aliphatic carbocycles. The van der Waals surface area contributed by atoms with E-state index in [9.17, 15) is 29.1 Å². The van der Waals surface area contributed by atoms with Crippen LogP contribution in [-0.4, -0.2) is 169 Å². The highest BCUT2D eigenvalue weighted by Gasteiger charge is 2.34. The van der Waals surface area contributed by atoms with Gasteiger partial charge >= 0.3 is 5.97 Å². The zero-order valence-corrected chi connectivity index (χ0v) is 45.4. The van der Waals surface area contributed by atoms with Crippen LogP contribution in [0, 0.1) is 19.8 Å². The van der Waals surface area contributed by atoms with E-state index in [0.717, 1.165) is 137 Å². The van der Waals surface area contributed by atoms with Crippen LogP contribution in [0.5, 0.6) is 0 Å². The Bertz CT molecular complexity index is 2350. The second-order valence-corrected chi connectivity index (χ2v) is 21.5. The second-order valence-electron chi connectivity index (χ2n) is 21.5. The SMILES string of the molecule is COC[C@@H]1C[C@@H](O)CN1C(=O)CCCCCNC(=O)CCCCCNC(=O)CCCC(=O)N1CCN(c2cc([C@H](CC(=O)OC)CN3CC[C@@H](CCc4ccc5c(n4)NCCC5)C3)cc(-n3nc(C)cc3C)c2)CC1. The molecule has 3 saturated heterocycles.